The van der Waals surface area contributed by atoms with E-state index in [9.17, 15) is 4.79 Å². The zero-order chi connectivity index (χ0) is 15.2. The first-order valence-corrected chi connectivity index (χ1v) is 7.63. The molecule has 0 saturated heterocycles. The van der Waals surface area contributed by atoms with E-state index in [0.29, 0.717) is 11.5 Å². The summed E-state index contributed by atoms with van der Waals surface area (Å²) in [7, 11) is 0. The molecule has 112 valence electrons. The normalized spacial score (nSPS) is 16.1. The van der Waals surface area contributed by atoms with E-state index >= 15 is 0 Å². The Bertz CT molecular complexity index is 562. The molecule has 1 unspecified atom stereocenters. The first kappa shape index (κ1) is 15.6. The maximum absolute atomic E-state index is 12.3. The lowest BCUT2D eigenvalue weighted by Gasteiger charge is -2.20. The van der Waals surface area contributed by atoms with Crippen LogP contribution < -0.4 is 5.32 Å². The Kier molecular flexibility index (Phi) is 5.41. The number of aliphatic hydroxyl groups is 1. The van der Waals surface area contributed by atoms with Gasteiger partial charge in [-0.15, -0.1) is 0 Å². The summed E-state index contributed by atoms with van der Waals surface area (Å²) in [5.41, 5.74) is 2.44. The Morgan fingerprint density at radius 1 is 1.43 bits per heavy atom. The molecule has 2 N–H and O–H groups in total. The molecule has 0 spiro atoms. The van der Waals surface area contributed by atoms with Crippen LogP contribution in [0.2, 0.25) is 0 Å². The van der Waals surface area contributed by atoms with E-state index in [1.54, 1.807) is 6.07 Å². The number of amides is 1. The van der Waals surface area contributed by atoms with E-state index in [4.69, 9.17) is 5.11 Å². The van der Waals surface area contributed by atoms with Crippen molar-refractivity contribution >= 4 is 5.91 Å². The van der Waals surface area contributed by atoms with Gasteiger partial charge in [0.2, 0.25) is 0 Å². The molecule has 21 heavy (non-hydrogen) atoms. The highest BCUT2D eigenvalue weighted by Gasteiger charge is 2.23. The van der Waals surface area contributed by atoms with Crippen molar-refractivity contribution < 1.29 is 9.90 Å². The lowest BCUT2D eigenvalue weighted by atomic mass is 9.99. The number of rotatable bonds is 3. The Hall–Kier alpha value is -1.79. The Labute approximate surface area is 126 Å². The molecule has 0 heterocycles. The molecule has 1 atom stereocenters. The summed E-state index contributed by atoms with van der Waals surface area (Å²) in [6, 6.07) is 5.75. The highest BCUT2D eigenvalue weighted by atomic mass is 16.2. The molecule has 1 fully saturated rings. The summed E-state index contributed by atoms with van der Waals surface area (Å²) in [5, 5.41) is 11.9. The number of nitrogens with one attached hydrogen (secondary N) is 1. The zero-order valence-electron chi connectivity index (χ0n) is 12.8. The van der Waals surface area contributed by atoms with Crippen LogP contribution in [0.5, 0.6) is 0 Å². The van der Waals surface area contributed by atoms with Crippen molar-refractivity contribution in [2.45, 2.75) is 45.6 Å². The van der Waals surface area contributed by atoms with E-state index in [1.165, 1.54) is 25.7 Å². The van der Waals surface area contributed by atoms with Crippen LogP contribution in [-0.4, -0.2) is 23.7 Å². The second-order valence-electron chi connectivity index (χ2n) is 5.80. The Balaban J connectivity index is 2.08. The van der Waals surface area contributed by atoms with Gasteiger partial charge in [-0.1, -0.05) is 30.7 Å². The van der Waals surface area contributed by atoms with Gasteiger partial charge in [-0.3, -0.25) is 4.79 Å². The van der Waals surface area contributed by atoms with Gasteiger partial charge in [0.25, 0.3) is 5.91 Å². The van der Waals surface area contributed by atoms with E-state index in [1.807, 2.05) is 19.1 Å². The molecule has 0 aliphatic heterocycles. The van der Waals surface area contributed by atoms with Gasteiger partial charge in [0.15, 0.2) is 0 Å². The molecular formula is C18H23NO2. The predicted molar refractivity (Wildman–Crippen MR) is 84.0 cm³/mol. The molecule has 0 bridgehead atoms. The summed E-state index contributed by atoms with van der Waals surface area (Å²) in [5.74, 6) is 6.08. The summed E-state index contributed by atoms with van der Waals surface area (Å²) in [6.07, 6.45) is 4.97. The molecule has 1 saturated carbocycles. The number of carbonyl (C=O) groups is 1. The molecule has 1 aliphatic carbocycles. The molecule has 3 nitrogen and oxygen atoms in total. The Morgan fingerprint density at radius 3 is 2.81 bits per heavy atom. The van der Waals surface area contributed by atoms with Gasteiger partial charge in [0.1, 0.15) is 6.61 Å². The highest BCUT2D eigenvalue weighted by molar-refractivity contribution is 5.94. The van der Waals surface area contributed by atoms with Crippen molar-refractivity contribution in [3.8, 4) is 11.8 Å². The van der Waals surface area contributed by atoms with Crippen LogP contribution in [-0.2, 0) is 0 Å². The second kappa shape index (κ2) is 7.28. The molecule has 1 aromatic carbocycles. The highest BCUT2D eigenvalue weighted by Crippen LogP contribution is 2.27. The minimum absolute atomic E-state index is 0.0403. The fourth-order valence-corrected chi connectivity index (χ4v) is 2.90. The Morgan fingerprint density at radius 2 is 2.14 bits per heavy atom. The van der Waals surface area contributed by atoms with Gasteiger partial charge in [-0.2, -0.15) is 0 Å². The molecule has 2 rings (SSSR count). The van der Waals surface area contributed by atoms with E-state index < -0.39 is 0 Å². The average molecular weight is 285 g/mol. The molecular weight excluding hydrogens is 262 g/mol. The molecule has 0 aromatic heterocycles. The summed E-state index contributed by atoms with van der Waals surface area (Å²) in [6.45, 7) is 3.87. The predicted octanol–water partition coefficient (Wildman–Crippen LogP) is 2.65. The number of aryl methyl sites for hydroxylation is 1. The minimum Gasteiger partial charge on any atom is -0.384 e. The van der Waals surface area contributed by atoms with Gasteiger partial charge < -0.3 is 10.4 Å². The quantitative estimate of drug-likeness (QED) is 0.839. The zero-order valence-corrected chi connectivity index (χ0v) is 12.8. The third kappa shape index (κ3) is 4.09. The topological polar surface area (TPSA) is 49.3 Å². The van der Waals surface area contributed by atoms with Crippen LogP contribution in [0.3, 0.4) is 0 Å². The summed E-state index contributed by atoms with van der Waals surface area (Å²) < 4.78 is 0. The maximum atomic E-state index is 12.3. The lowest BCUT2D eigenvalue weighted by molar-refractivity contribution is 0.0927. The first-order valence-electron chi connectivity index (χ1n) is 7.63. The van der Waals surface area contributed by atoms with Gasteiger partial charge in [-0.05, 0) is 50.3 Å². The SMILES string of the molecule is Cc1ccc(C(=O)NC(C)C2CCCC2)cc1C#CCO. The van der Waals surface area contributed by atoms with Gasteiger partial charge in [0.05, 0.1) is 0 Å². The van der Waals surface area contributed by atoms with Crippen molar-refractivity contribution in [3.63, 3.8) is 0 Å². The van der Waals surface area contributed by atoms with Crippen LogP contribution in [0.1, 0.15) is 54.1 Å². The third-order valence-electron chi connectivity index (χ3n) is 4.27. The minimum atomic E-state index is -0.172. The largest absolute Gasteiger partial charge is 0.384 e. The molecule has 3 heteroatoms. The van der Waals surface area contributed by atoms with Gasteiger partial charge in [-0.25, -0.2) is 0 Å². The van der Waals surface area contributed by atoms with Crippen LogP contribution in [0, 0.1) is 24.7 Å². The van der Waals surface area contributed by atoms with E-state index in [0.717, 1.165) is 11.1 Å². The second-order valence-corrected chi connectivity index (χ2v) is 5.80. The van der Waals surface area contributed by atoms with Gasteiger partial charge >= 0.3 is 0 Å². The van der Waals surface area contributed by atoms with Crippen molar-refractivity contribution in [1.29, 1.82) is 0 Å². The molecule has 1 amide bonds. The van der Waals surface area contributed by atoms with Crippen molar-refractivity contribution in [2.75, 3.05) is 6.61 Å². The van der Waals surface area contributed by atoms with E-state index in [2.05, 4.69) is 24.1 Å². The molecule has 1 aromatic rings. The summed E-state index contributed by atoms with van der Waals surface area (Å²) >= 11 is 0. The van der Waals surface area contributed by atoms with Crippen LogP contribution in [0.25, 0.3) is 0 Å². The molecule has 0 radical (unpaired) electrons. The van der Waals surface area contributed by atoms with Gasteiger partial charge in [0, 0.05) is 17.2 Å². The fourth-order valence-electron chi connectivity index (χ4n) is 2.90. The van der Waals surface area contributed by atoms with E-state index in [-0.39, 0.29) is 18.6 Å². The number of carbonyl (C=O) groups excluding carboxylic acids is 1. The monoisotopic (exact) mass is 285 g/mol. The van der Waals surface area contributed by atoms with Crippen LogP contribution in [0.4, 0.5) is 0 Å². The maximum Gasteiger partial charge on any atom is 0.251 e. The van der Waals surface area contributed by atoms with Crippen LogP contribution in [0.15, 0.2) is 18.2 Å². The van der Waals surface area contributed by atoms with Crippen molar-refractivity contribution in [3.05, 3.63) is 34.9 Å². The smallest absolute Gasteiger partial charge is 0.251 e. The fraction of sp³-hybridized carbons (Fsp3) is 0.500. The average Bonchev–Trinajstić information content (AvgIpc) is 3.00. The third-order valence-corrected chi connectivity index (χ3v) is 4.27. The van der Waals surface area contributed by atoms with Crippen LogP contribution >= 0.6 is 0 Å². The van der Waals surface area contributed by atoms with Crippen molar-refractivity contribution in [1.82, 2.24) is 5.32 Å². The summed E-state index contributed by atoms with van der Waals surface area (Å²) in [4.78, 5) is 12.3. The van der Waals surface area contributed by atoms with Crippen molar-refractivity contribution in [2.24, 2.45) is 5.92 Å². The standard InChI is InChI=1S/C18H23NO2/c1-13-9-10-17(12-16(13)8-5-11-20)18(21)19-14(2)15-6-3-4-7-15/h9-10,12,14-15,20H,3-4,6-7,11H2,1-2H3,(H,19,21). The number of hydrogen-bond acceptors (Lipinski definition) is 2. The number of aliphatic hydroxyl groups excluding tert-OH is 1. The number of benzene rings is 1. The molecule has 1 aliphatic rings. The first-order chi connectivity index (χ1) is 10.1. The lowest BCUT2D eigenvalue weighted by Crippen LogP contribution is -2.37. The number of hydrogen-bond donors (Lipinski definition) is 2.